The lowest BCUT2D eigenvalue weighted by molar-refractivity contribution is 0.158. The quantitative estimate of drug-likeness (QED) is 0.430. The van der Waals surface area contributed by atoms with Crippen LogP contribution in [0.15, 0.2) is 58.1 Å². The van der Waals surface area contributed by atoms with E-state index in [2.05, 4.69) is 38.7 Å². The van der Waals surface area contributed by atoms with E-state index >= 15 is 0 Å². The number of fused-ring (bicyclic) bond motifs is 1. The molecule has 3 aliphatic carbocycles. The molecule has 4 heteroatoms. The number of hydrogen-bond acceptors (Lipinski definition) is 3. The van der Waals surface area contributed by atoms with Crippen LogP contribution in [0.4, 0.5) is 0 Å². The van der Waals surface area contributed by atoms with Crippen molar-refractivity contribution in [3.05, 3.63) is 58.1 Å². The molecule has 0 radical (unpaired) electrons. The fraction of sp³-hybridized carbons (Fsp3) is 0.655. The lowest BCUT2D eigenvalue weighted by Crippen LogP contribution is -2.32. The molecule has 2 fully saturated rings. The van der Waals surface area contributed by atoms with Crippen molar-refractivity contribution in [1.82, 2.24) is 0 Å². The molecule has 0 spiro atoms. The monoisotopic (exact) mass is 472 g/mol. The number of allylic oxidation sites excluding steroid dienone is 8. The summed E-state index contributed by atoms with van der Waals surface area (Å²) in [7, 11) is -3.27. The van der Waals surface area contributed by atoms with E-state index in [4.69, 9.17) is 0 Å². The van der Waals surface area contributed by atoms with Gasteiger partial charge in [0.2, 0.25) is 0 Å². The summed E-state index contributed by atoms with van der Waals surface area (Å²) in [6.45, 7) is 15.9. The van der Waals surface area contributed by atoms with Crippen molar-refractivity contribution in [3.63, 3.8) is 0 Å². The maximum atomic E-state index is 12.7. The fourth-order valence-electron chi connectivity index (χ4n) is 6.07. The average Bonchev–Trinajstić information content (AvgIpc) is 3.09. The van der Waals surface area contributed by atoms with Gasteiger partial charge in [0.05, 0.1) is 10.9 Å². The number of rotatable bonds is 5. The van der Waals surface area contributed by atoms with Crippen molar-refractivity contribution < 1.29 is 13.5 Å². The zero-order chi connectivity index (χ0) is 24.6. The van der Waals surface area contributed by atoms with Crippen molar-refractivity contribution in [3.8, 4) is 0 Å². The molecule has 0 aromatic heterocycles. The van der Waals surface area contributed by atoms with Crippen molar-refractivity contribution >= 4 is 9.84 Å². The van der Waals surface area contributed by atoms with Gasteiger partial charge in [-0.25, -0.2) is 8.42 Å². The van der Waals surface area contributed by atoms with Crippen LogP contribution in [0.3, 0.4) is 0 Å². The zero-order valence-corrected chi connectivity index (χ0v) is 22.4. The van der Waals surface area contributed by atoms with Crippen LogP contribution in [0.2, 0.25) is 0 Å². The van der Waals surface area contributed by atoms with Crippen LogP contribution in [-0.2, 0) is 9.84 Å². The zero-order valence-electron chi connectivity index (χ0n) is 21.6. The highest BCUT2D eigenvalue weighted by molar-refractivity contribution is 7.96. The second kappa shape index (κ2) is 9.70. The van der Waals surface area contributed by atoms with Crippen LogP contribution in [-0.4, -0.2) is 24.4 Å². The highest BCUT2D eigenvalue weighted by atomic mass is 32.2. The van der Waals surface area contributed by atoms with Crippen molar-refractivity contribution in [1.29, 1.82) is 0 Å². The maximum absolute atomic E-state index is 12.7. The SMILES string of the molecule is C=C1CCC(O)C/C1=C/C=C1\CCCC2(C)C(C(C)C/C=C(\C)S(=O)(=O)C(C)(C)C)=CCC12. The third-order valence-electron chi connectivity index (χ3n) is 8.32. The standard InChI is InChI=1S/C29H44O3S/c1-20-11-15-25(30)19-24(20)14-13-23-9-8-18-29(7)26(16-17-27(23)29)21(2)10-12-22(3)33(31,32)28(4,5)6/h12-14,16,21,25,27,30H,1,8-11,15,17-19H2,2-7H3/b22-12+,23-13+,24-14-. The summed E-state index contributed by atoms with van der Waals surface area (Å²) in [5, 5.41) is 10.1. The van der Waals surface area contributed by atoms with E-state index < -0.39 is 14.6 Å². The highest BCUT2D eigenvalue weighted by Gasteiger charge is 2.45. The van der Waals surface area contributed by atoms with Gasteiger partial charge in [-0.15, -0.1) is 0 Å². The second-order valence-electron chi connectivity index (χ2n) is 11.7. The summed E-state index contributed by atoms with van der Waals surface area (Å²) in [6.07, 6.45) is 16.4. The van der Waals surface area contributed by atoms with Crippen molar-refractivity contribution in [2.75, 3.05) is 0 Å². The molecule has 33 heavy (non-hydrogen) atoms. The normalized spacial score (nSPS) is 32.8. The van der Waals surface area contributed by atoms with Gasteiger partial charge in [-0.2, -0.15) is 0 Å². The molecule has 0 heterocycles. The van der Waals surface area contributed by atoms with Gasteiger partial charge in [0, 0.05) is 4.91 Å². The molecule has 0 aromatic rings. The third kappa shape index (κ3) is 5.32. The molecule has 2 saturated carbocycles. The van der Waals surface area contributed by atoms with Gasteiger partial charge in [0.15, 0.2) is 9.84 Å². The molecule has 3 aliphatic rings. The number of sulfone groups is 1. The van der Waals surface area contributed by atoms with Gasteiger partial charge in [0.25, 0.3) is 0 Å². The van der Waals surface area contributed by atoms with Gasteiger partial charge in [-0.1, -0.05) is 61.4 Å². The molecular formula is C29H44O3S. The second-order valence-corrected chi connectivity index (χ2v) is 14.6. The number of aliphatic hydroxyl groups excluding tert-OH is 1. The Morgan fingerprint density at radius 1 is 1.30 bits per heavy atom. The molecule has 1 N–H and O–H groups in total. The molecule has 3 rings (SSSR count). The number of aliphatic hydroxyl groups is 1. The summed E-state index contributed by atoms with van der Waals surface area (Å²) in [5.74, 6) is 0.849. The molecular weight excluding hydrogens is 428 g/mol. The van der Waals surface area contributed by atoms with Gasteiger partial charge >= 0.3 is 0 Å². The van der Waals surface area contributed by atoms with Crippen LogP contribution >= 0.6 is 0 Å². The van der Waals surface area contributed by atoms with Gasteiger partial charge in [-0.3, -0.25) is 0 Å². The van der Waals surface area contributed by atoms with Crippen LogP contribution in [0.25, 0.3) is 0 Å². The van der Waals surface area contributed by atoms with E-state index in [1.54, 1.807) is 27.7 Å². The molecule has 4 unspecified atom stereocenters. The van der Waals surface area contributed by atoms with Crippen LogP contribution in [0, 0.1) is 17.3 Å². The first-order chi connectivity index (χ1) is 15.3. The van der Waals surface area contributed by atoms with Gasteiger partial charge < -0.3 is 5.11 Å². The number of hydrogen-bond donors (Lipinski definition) is 1. The summed E-state index contributed by atoms with van der Waals surface area (Å²) in [5.41, 5.74) is 5.54. The molecule has 0 bridgehead atoms. The van der Waals surface area contributed by atoms with E-state index in [1.165, 1.54) is 35.1 Å². The van der Waals surface area contributed by atoms with E-state index in [-0.39, 0.29) is 11.5 Å². The summed E-state index contributed by atoms with van der Waals surface area (Å²) in [6, 6.07) is 0. The fourth-order valence-corrected chi connectivity index (χ4v) is 7.36. The Morgan fingerprint density at radius 3 is 2.67 bits per heavy atom. The first-order valence-electron chi connectivity index (χ1n) is 12.6. The van der Waals surface area contributed by atoms with Crippen LogP contribution in [0.1, 0.15) is 92.9 Å². The lowest BCUT2D eigenvalue weighted by Gasteiger charge is -2.42. The molecule has 0 aromatic carbocycles. The summed E-state index contributed by atoms with van der Waals surface area (Å²) < 4.78 is 24.7. The third-order valence-corrected chi connectivity index (χ3v) is 10.9. The van der Waals surface area contributed by atoms with Crippen molar-refractivity contribution in [2.45, 2.75) is 104 Å². The smallest absolute Gasteiger partial charge is 0.178 e. The van der Waals surface area contributed by atoms with Crippen LogP contribution < -0.4 is 0 Å². The molecule has 0 aliphatic heterocycles. The first kappa shape index (κ1) is 26.2. The molecule has 0 saturated heterocycles. The molecule has 0 amide bonds. The summed E-state index contributed by atoms with van der Waals surface area (Å²) in [4.78, 5) is 0.493. The minimum absolute atomic E-state index is 0.149. The van der Waals surface area contributed by atoms with Crippen LogP contribution in [0.5, 0.6) is 0 Å². The minimum Gasteiger partial charge on any atom is -0.393 e. The molecule has 184 valence electrons. The Morgan fingerprint density at radius 2 is 2.00 bits per heavy atom. The Bertz CT molecular complexity index is 1000. The largest absolute Gasteiger partial charge is 0.393 e. The van der Waals surface area contributed by atoms with Crippen molar-refractivity contribution in [2.24, 2.45) is 17.3 Å². The predicted octanol–water partition coefficient (Wildman–Crippen LogP) is 7.22. The predicted molar refractivity (Wildman–Crippen MR) is 140 cm³/mol. The van der Waals surface area contributed by atoms with E-state index in [0.29, 0.717) is 23.2 Å². The molecule has 4 atom stereocenters. The van der Waals surface area contributed by atoms with Gasteiger partial charge in [0.1, 0.15) is 0 Å². The maximum Gasteiger partial charge on any atom is 0.178 e. The Labute approximate surface area is 202 Å². The Kier molecular flexibility index (Phi) is 7.70. The molecule has 3 nitrogen and oxygen atoms in total. The Balaban J connectivity index is 1.76. The Hall–Kier alpha value is -1.39. The highest BCUT2D eigenvalue weighted by Crippen LogP contribution is 2.57. The topological polar surface area (TPSA) is 54.4 Å². The first-order valence-corrected chi connectivity index (χ1v) is 14.1. The van der Waals surface area contributed by atoms with E-state index in [0.717, 1.165) is 32.1 Å². The van der Waals surface area contributed by atoms with E-state index in [9.17, 15) is 13.5 Å². The van der Waals surface area contributed by atoms with E-state index in [1.807, 2.05) is 6.08 Å². The summed E-state index contributed by atoms with van der Waals surface area (Å²) >= 11 is 0. The van der Waals surface area contributed by atoms with Gasteiger partial charge in [-0.05, 0) is 102 Å². The average molecular weight is 473 g/mol. The minimum atomic E-state index is -3.27. The lowest BCUT2D eigenvalue weighted by atomic mass is 9.62.